The highest BCUT2D eigenvalue weighted by Crippen LogP contribution is 2.36. The molecule has 2 aliphatic rings. The van der Waals surface area contributed by atoms with Gasteiger partial charge in [-0.1, -0.05) is 6.92 Å². The van der Waals surface area contributed by atoms with E-state index in [-0.39, 0.29) is 0 Å². The van der Waals surface area contributed by atoms with Gasteiger partial charge >= 0.3 is 0 Å². The molecule has 1 aromatic rings. The molecular formula is C16H25N3O3. The molecule has 6 heteroatoms. The van der Waals surface area contributed by atoms with E-state index in [0.717, 1.165) is 36.7 Å². The Kier molecular flexibility index (Phi) is 4.34. The summed E-state index contributed by atoms with van der Waals surface area (Å²) in [5, 5.41) is 20.2. The maximum atomic E-state index is 10.3. The summed E-state index contributed by atoms with van der Waals surface area (Å²) in [7, 11) is 0. The fraction of sp³-hybridized carbons (Fsp3) is 0.750. The van der Waals surface area contributed by atoms with Crippen LogP contribution >= 0.6 is 0 Å². The van der Waals surface area contributed by atoms with Gasteiger partial charge in [0.1, 0.15) is 6.10 Å². The van der Waals surface area contributed by atoms with Crippen LogP contribution < -0.4 is 4.90 Å². The van der Waals surface area contributed by atoms with E-state index in [1.807, 2.05) is 13.1 Å². The number of aliphatic hydroxyl groups excluding tert-OH is 2. The van der Waals surface area contributed by atoms with E-state index < -0.39 is 17.8 Å². The molecule has 3 heterocycles. The molecule has 22 heavy (non-hydrogen) atoms. The molecule has 2 saturated heterocycles. The second-order valence-corrected chi connectivity index (χ2v) is 6.35. The first-order chi connectivity index (χ1) is 10.6. The number of hydrogen-bond acceptors (Lipinski definition) is 6. The third kappa shape index (κ3) is 2.71. The molecule has 2 fully saturated rings. The Labute approximate surface area is 131 Å². The molecule has 0 aromatic carbocycles. The highest BCUT2D eigenvalue weighted by Gasteiger charge is 2.47. The molecule has 3 rings (SSSR count). The fourth-order valence-corrected chi connectivity index (χ4v) is 3.48. The van der Waals surface area contributed by atoms with Crippen molar-refractivity contribution < 1.29 is 14.9 Å². The Morgan fingerprint density at radius 3 is 2.77 bits per heavy atom. The standard InChI is InChI=1S/C16H25N3O3/c1-3-12-11(2)10-17-15(18-12)19-7-5-16(6-8-19)14(21)13(20)4-9-22-16/h10,13-14,20-21H,3-9H2,1-2H3/t13-,14-/m0/s1. The molecule has 2 N–H and O–H groups in total. The summed E-state index contributed by atoms with van der Waals surface area (Å²) >= 11 is 0. The minimum atomic E-state index is -0.798. The van der Waals surface area contributed by atoms with Crippen LogP contribution in [0.2, 0.25) is 0 Å². The highest BCUT2D eigenvalue weighted by atomic mass is 16.5. The molecule has 2 aliphatic heterocycles. The molecule has 1 spiro atoms. The summed E-state index contributed by atoms with van der Waals surface area (Å²) in [5.41, 5.74) is 1.59. The van der Waals surface area contributed by atoms with Crippen molar-refractivity contribution in [3.63, 3.8) is 0 Å². The number of piperidine rings is 1. The van der Waals surface area contributed by atoms with Crippen LogP contribution in [0.15, 0.2) is 6.20 Å². The molecule has 6 nitrogen and oxygen atoms in total. The molecule has 0 unspecified atom stereocenters. The number of anilines is 1. The maximum Gasteiger partial charge on any atom is 0.225 e. The number of hydrogen-bond donors (Lipinski definition) is 2. The Bertz CT molecular complexity index is 529. The van der Waals surface area contributed by atoms with Gasteiger partial charge in [0.15, 0.2) is 0 Å². The number of aliphatic hydroxyl groups is 2. The first-order valence-corrected chi connectivity index (χ1v) is 8.13. The van der Waals surface area contributed by atoms with Crippen LogP contribution in [0.3, 0.4) is 0 Å². The van der Waals surface area contributed by atoms with Gasteiger partial charge in [-0.05, 0) is 38.2 Å². The molecular weight excluding hydrogens is 282 g/mol. The van der Waals surface area contributed by atoms with Crippen LogP contribution in [-0.4, -0.2) is 57.7 Å². The predicted molar refractivity (Wildman–Crippen MR) is 82.9 cm³/mol. The van der Waals surface area contributed by atoms with E-state index in [9.17, 15) is 10.2 Å². The van der Waals surface area contributed by atoms with Crippen LogP contribution in [0, 0.1) is 6.92 Å². The number of nitrogens with zero attached hydrogens (tertiary/aromatic N) is 3. The number of aromatic nitrogens is 2. The summed E-state index contributed by atoms with van der Waals surface area (Å²) < 4.78 is 5.86. The summed E-state index contributed by atoms with van der Waals surface area (Å²) in [6, 6.07) is 0. The lowest BCUT2D eigenvalue weighted by molar-refractivity contribution is -0.205. The average Bonchev–Trinajstić information content (AvgIpc) is 2.54. The van der Waals surface area contributed by atoms with Crippen molar-refractivity contribution in [1.29, 1.82) is 0 Å². The van der Waals surface area contributed by atoms with Gasteiger partial charge in [-0.2, -0.15) is 0 Å². The van der Waals surface area contributed by atoms with Crippen molar-refractivity contribution in [3.8, 4) is 0 Å². The van der Waals surface area contributed by atoms with Crippen LogP contribution in [0.4, 0.5) is 5.95 Å². The molecule has 1 aromatic heterocycles. The van der Waals surface area contributed by atoms with Crippen molar-refractivity contribution >= 4 is 5.95 Å². The van der Waals surface area contributed by atoms with Crippen LogP contribution in [-0.2, 0) is 11.2 Å². The summed E-state index contributed by atoms with van der Waals surface area (Å²) in [5.74, 6) is 0.753. The minimum absolute atomic E-state index is 0.508. The summed E-state index contributed by atoms with van der Waals surface area (Å²) in [6.45, 7) is 6.10. The zero-order chi connectivity index (χ0) is 15.7. The van der Waals surface area contributed by atoms with Gasteiger partial charge < -0.3 is 19.8 Å². The lowest BCUT2D eigenvalue weighted by Gasteiger charge is -2.48. The second-order valence-electron chi connectivity index (χ2n) is 6.35. The van der Waals surface area contributed by atoms with Crippen LogP contribution in [0.5, 0.6) is 0 Å². The normalized spacial score (nSPS) is 28.1. The first kappa shape index (κ1) is 15.6. The van der Waals surface area contributed by atoms with E-state index in [0.29, 0.717) is 25.9 Å². The largest absolute Gasteiger partial charge is 0.390 e. The average molecular weight is 307 g/mol. The zero-order valence-corrected chi connectivity index (χ0v) is 13.3. The molecule has 0 radical (unpaired) electrons. The van der Waals surface area contributed by atoms with Crippen molar-refractivity contribution in [2.45, 2.75) is 57.3 Å². The lowest BCUT2D eigenvalue weighted by Crippen LogP contribution is -2.60. The van der Waals surface area contributed by atoms with Crippen molar-refractivity contribution in [1.82, 2.24) is 9.97 Å². The monoisotopic (exact) mass is 307 g/mol. The van der Waals surface area contributed by atoms with Gasteiger partial charge in [0.2, 0.25) is 5.95 Å². The molecule has 0 amide bonds. The van der Waals surface area contributed by atoms with Crippen LogP contribution in [0.25, 0.3) is 0 Å². The van der Waals surface area contributed by atoms with Crippen molar-refractivity contribution in [2.75, 3.05) is 24.6 Å². The predicted octanol–water partition coefficient (Wildman–Crippen LogP) is 0.829. The van der Waals surface area contributed by atoms with E-state index in [1.165, 1.54) is 0 Å². The highest BCUT2D eigenvalue weighted by molar-refractivity contribution is 5.34. The van der Waals surface area contributed by atoms with Crippen LogP contribution in [0.1, 0.15) is 37.4 Å². The molecule has 122 valence electrons. The fourth-order valence-electron chi connectivity index (χ4n) is 3.48. The van der Waals surface area contributed by atoms with Crippen molar-refractivity contribution in [2.24, 2.45) is 0 Å². The van der Waals surface area contributed by atoms with Gasteiger partial charge in [0.05, 0.1) is 18.3 Å². The Balaban J connectivity index is 1.71. The molecule has 0 bridgehead atoms. The smallest absolute Gasteiger partial charge is 0.225 e. The van der Waals surface area contributed by atoms with E-state index in [2.05, 4.69) is 21.8 Å². The SMILES string of the molecule is CCc1nc(N2CCC3(CC2)OCC[C@H](O)[C@@H]3O)ncc1C. The van der Waals surface area contributed by atoms with Gasteiger partial charge in [-0.25, -0.2) is 9.97 Å². The summed E-state index contributed by atoms with van der Waals surface area (Å²) in [4.78, 5) is 11.2. The Morgan fingerprint density at radius 1 is 1.36 bits per heavy atom. The van der Waals surface area contributed by atoms with Gasteiger partial charge in [-0.3, -0.25) is 0 Å². The Morgan fingerprint density at radius 2 is 2.09 bits per heavy atom. The topological polar surface area (TPSA) is 78.7 Å². The number of aryl methyl sites for hydroxylation is 2. The van der Waals surface area contributed by atoms with Crippen molar-refractivity contribution in [3.05, 3.63) is 17.5 Å². The van der Waals surface area contributed by atoms with E-state index in [4.69, 9.17) is 4.74 Å². The number of rotatable bonds is 2. The van der Waals surface area contributed by atoms with Gasteiger partial charge in [-0.15, -0.1) is 0 Å². The van der Waals surface area contributed by atoms with Gasteiger partial charge in [0.25, 0.3) is 0 Å². The molecule has 0 saturated carbocycles. The second kappa shape index (κ2) is 6.10. The third-order valence-electron chi connectivity index (χ3n) is 5.00. The quantitative estimate of drug-likeness (QED) is 0.842. The minimum Gasteiger partial charge on any atom is -0.390 e. The lowest BCUT2D eigenvalue weighted by atomic mass is 9.81. The maximum absolute atomic E-state index is 10.3. The molecule has 2 atom stereocenters. The summed E-state index contributed by atoms with van der Waals surface area (Å²) in [6.07, 6.45) is 3.17. The molecule has 0 aliphatic carbocycles. The third-order valence-corrected chi connectivity index (χ3v) is 5.00. The Hall–Kier alpha value is -1.24. The van der Waals surface area contributed by atoms with Gasteiger partial charge in [0, 0.05) is 25.0 Å². The zero-order valence-electron chi connectivity index (χ0n) is 13.3. The van der Waals surface area contributed by atoms with E-state index in [1.54, 1.807) is 0 Å². The van der Waals surface area contributed by atoms with E-state index >= 15 is 0 Å². The first-order valence-electron chi connectivity index (χ1n) is 8.13. The number of ether oxygens (including phenoxy) is 1.